The van der Waals surface area contributed by atoms with Crippen LogP contribution in [0.4, 0.5) is 5.88 Å². The largest absolute Gasteiger partial charge is 0.420 e. The average Bonchev–Trinajstić information content (AvgIpc) is 3.30. The summed E-state index contributed by atoms with van der Waals surface area (Å²) in [7, 11) is 0. The maximum absolute atomic E-state index is 9.14. The number of hydrogen-bond acceptors (Lipinski definition) is 6. The zero-order chi connectivity index (χ0) is 15.9. The highest BCUT2D eigenvalue weighted by Gasteiger charge is 2.10. The molecular weight excluding hydrogens is 310 g/mol. The molecule has 1 N–H and O–H groups in total. The van der Waals surface area contributed by atoms with Crippen molar-refractivity contribution in [3.63, 3.8) is 0 Å². The zero-order valence-corrected chi connectivity index (χ0v) is 13.2. The molecule has 3 rings (SSSR count). The fraction of sp³-hybridized carbons (Fsp3) is 0.188. The van der Waals surface area contributed by atoms with Crippen molar-refractivity contribution in [3.05, 3.63) is 52.7 Å². The van der Waals surface area contributed by atoms with Gasteiger partial charge in [-0.25, -0.2) is 4.98 Å². The summed E-state index contributed by atoms with van der Waals surface area (Å²) in [5.74, 6) is 0.844. The van der Waals surface area contributed by atoms with Gasteiger partial charge in [0, 0.05) is 36.4 Å². The van der Waals surface area contributed by atoms with Crippen molar-refractivity contribution in [2.45, 2.75) is 13.0 Å². The van der Waals surface area contributed by atoms with Gasteiger partial charge in [0.15, 0.2) is 0 Å². The first kappa shape index (κ1) is 15.1. The van der Waals surface area contributed by atoms with Crippen LogP contribution in [0.25, 0.3) is 12.2 Å². The van der Waals surface area contributed by atoms with Crippen LogP contribution in [0.15, 0.2) is 40.7 Å². The second-order valence-electron chi connectivity index (χ2n) is 4.77. The van der Waals surface area contributed by atoms with Crippen LogP contribution in [0, 0.1) is 11.3 Å². The Bertz CT molecular complexity index is 796. The van der Waals surface area contributed by atoms with E-state index >= 15 is 0 Å². The number of rotatable bonds is 7. The van der Waals surface area contributed by atoms with Gasteiger partial charge in [0.2, 0.25) is 17.5 Å². The molecule has 0 fully saturated rings. The fourth-order valence-electron chi connectivity index (χ4n) is 2.03. The number of aromatic nitrogens is 3. The molecule has 7 heteroatoms. The van der Waals surface area contributed by atoms with E-state index in [2.05, 4.69) is 15.3 Å². The first-order valence-electron chi connectivity index (χ1n) is 7.17. The fourth-order valence-corrected chi connectivity index (χ4v) is 2.64. The third-order valence-electron chi connectivity index (χ3n) is 3.12. The minimum atomic E-state index is 0.276. The molecule has 3 aromatic rings. The zero-order valence-electron chi connectivity index (χ0n) is 12.3. The number of thiophene rings is 1. The van der Waals surface area contributed by atoms with Gasteiger partial charge in [-0.2, -0.15) is 10.2 Å². The molecule has 3 aromatic heterocycles. The van der Waals surface area contributed by atoms with Gasteiger partial charge in [0.25, 0.3) is 0 Å². The SMILES string of the molecule is N#Cc1nc(C=Cc2cccs2)oc1NCCCn1ccnc1. The number of oxazole rings is 1. The molecule has 0 aliphatic carbocycles. The predicted molar refractivity (Wildman–Crippen MR) is 89.8 cm³/mol. The normalized spacial score (nSPS) is 10.9. The molecule has 116 valence electrons. The topological polar surface area (TPSA) is 79.7 Å². The lowest BCUT2D eigenvalue weighted by Crippen LogP contribution is -2.06. The molecule has 0 aliphatic rings. The first-order chi connectivity index (χ1) is 11.3. The molecule has 0 aliphatic heterocycles. The summed E-state index contributed by atoms with van der Waals surface area (Å²) in [5, 5.41) is 14.3. The van der Waals surface area contributed by atoms with Crippen molar-refractivity contribution in [3.8, 4) is 6.07 Å². The van der Waals surface area contributed by atoms with Crippen LogP contribution in [0.2, 0.25) is 0 Å². The van der Waals surface area contributed by atoms with Gasteiger partial charge in [-0.05, 0) is 23.9 Å². The number of hydrogen-bond donors (Lipinski definition) is 1. The van der Waals surface area contributed by atoms with Gasteiger partial charge in [0.1, 0.15) is 6.07 Å². The first-order valence-corrected chi connectivity index (χ1v) is 8.05. The van der Waals surface area contributed by atoms with Crippen molar-refractivity contribution in [1.82, 2.24) is 14.5 Å². The van der Waals surface area contributed by atoms with Crippen molar-refractivity contribution in [1.29, 1.82) is 5.26 Å². The van der Waals surface area contributed by atoms with Crippen molar-refractivity contribution in [2.24, 2.45) is 0 Å². The molecule has 0 spiro atoms. The molecule has 23 heavy (non-hydrogen) atoms. The molecule has 0 atom stereocenters. The Morgan fingerprint density at radius 1 is 1.43 bits per heavy atom. The highest BCUT2D eigenvalue weighted by Crippen LogP contribution is 2.19. The van der Waals surface area contributed by atoms with Gasteiger partial charge in [-0.1, -0.05) is 6.07 Å². The Morgan fingerprint density at radius 2 is 2.39 bits per heavy atom. The Hall–Kier alpha value is -2.85. The summed E-state index contributed by atoms with van der Waals surface area (Å²) in [6.45, 7) is 1.55. The monoisotopic (exact) mass is 325 g/mol. The van der Waals surface area contributed by atoms with Crippen molar-refractivity contribution in [2.75, 3.05) is 11.9 Å². The molecule has 0 aromatic carbocycles. The minimum Gasteiger partial charge on any atom is -0.420 e. The molecule has 6 nitrogen and oxygen atoms in total. The van der Waals surface area contributed by atoms with Crippen LogP contribution >= 0.6 is 11.3 Å². The molecule has 0 radical (unpaired) electrons. The minimum absolute atomic E-state index is 0.276. The second-order valence-corrected chi connectivity index (χ2v) is 5.75. The maximum Gasteiger partial charge on any atom is 0.232 e. The van der Waals surface area contributed by atoms with Crippen molar-refractivity contribution >= 4 is 29.4 Å². The van der Waals surface area contributed by atoms with Crippen LogP contribution < -0.4 is 5.32 Å². The van der Waals surface area contributed by atoms with E-state index in [4.69, 9.17) is 9.68 Å². The van der Waals surface area contributed by atoms with E-state index in [1.165, 1.54) is 0 Å². The van der Waals surface area contributed by atoms with E-state index in [0.29, 0.717) is 18.3 Å². The summed E-state index contributed by atoms with van der Waals surface area (Å²) in [4.78, 5) is 9.27. The number of anilines is 1. The van der Waals surface area contributed by atoms with Gasteiger partial charge in [-0.3, -0.25) is 0 Å². The van der Waals surface area contributed by atoms with Gasteiger partial charge in [-0.15, -0.1) is 11.3 Å². The smallest absolute Gasteiger partial charge is 0.232 e. The summed E-state index contributed by atoms with van der Waals surface area (Å²) >= 11 is 1.63. The summed E-state index contributed by atoms with van der Waals surface area (Å²) < 4.78 is 7.60. The average molecular weight is 325 g/mol. The number of aryl methyl sites for hydroxylation is 1. The maximum atomic E-state index is 9.14. The Labute approximate surface area is 137 Å². The lowest BCUT2D eigenvalue weighted by atomic mass is 10.4. The van der Waals surface area contributed by atoms with Crippen LogP contribution in [0.5, 0.6) is 0 Å². The molecule has 0 saturated heterocycles. The lowest BCUT2D eigenvalue weighted by Gasteiger charge is -2.03. The molecule has 0 amide bonds. The van der Waals surface area contributed by atoms with Crippen LogP contribution in [0.1, 0.15) is 22.9 Å². The molecule has 0 unspecified atom stereocenters. The molecule has 0 saturated carbocycles. The van der Waals surface area contributed by atoms with Gasteiger partial charge in [0.05, 0.1) is 6.33 Å². The molecule has 3 heterocycles. The van der Waals surface area contributed by atoms with E-state index in [9.17, 15) is 0 Å². The number of imidazole rings is 1. The predicted octanol–water partition coefficient (Wildman–Crippen LogP) is 3.48. The van der Waals surface area contributed by atoms with E-state index in [0.717, 1.165) is 17.8 Å². The standard InChI is InChI=1S/C16H15N5OS/c17-11-14-16(19-6-2-8-21-9-7-18-12-21)22-15(20-14)5-4-13-3-1-10-23-13/h1,3-5,7,9-10,12,19H,2,6,8H2. The number of nitrogens with zero attached hydrogens (tertiary/aromatic N) is 4. The summed E-state index contributed by atoms with van der Waals surface area (Å²) in [5.41, 5.74) is 0.276. The Kier molecular flexibility index (Phi) is 4.86. The Morgan fingerprint density at radius 3 is 3.13 bits per heavy atom. The van der Waals surface area contributed by atoms with Gasteiger partial charge < -0.3 is 14.3 Å². The summed E-state index contributed by atoms with van der Waals surface area (Å²) in [6.07, 6.45) is 10.0. The number of nitriles is 1. The quantitative estimate of drug-likeness (QED) is 0.673. The summed E-state index contributed by atoms with van der Waals surface area (Å²) in [6, 6.07) is 6.03. The van der Waals surface area contributed by atoms with E-state index in [1.54, 1.807) is 29.9 Å². The third-order valence-corrected chi connectivity index (χ3v) is 3.96. The van der Waals surface area contributed by atoms with Crippen molar-refractivity contribution < 1.29 is 4.42 Å². The third kappa shape index (κ3) is 4.08. The van der Waals surface area contributed by atoms with E-state index in [-0.39, 0.29) is 5.69 Å². The highest BCUT2D eigenvalue weighted by atomic mass is 32.1. The second kappa shape index (κ2) is 7.42. The van der Waals surface area contributed by atoms with Crippen LogP contribution in [0.3, 0.4) is 0 Å². The lowest BCUT2D eigenvalue weighted by molar-refractivity contribution is 0.553. The molecule has 0 bridgehead atoms. The molecular formula is C16H15N5OS. The highest BCUT2D eigenvalue weighted by molar-refractivity contribution is 7.10. The van der Waals surface area contributed by atoms with Crippen LogP contribution in [-0.4, -0.2) is 21.1 Å². The number of nitrogens with one attached hydrogen (secondary N) is 1. The van der Waals surface area contributed by atoms with Crippen LogP contribution in [-0.2, 0) is 6.54 Å². The Balaban J connectivity index is 1.57. The van der Waals surface area contributed by atoms with Gasteiger partial charge >= 0.3 is 0 Å². The van der Waals surface area contributed by atoms with E-state index < -0.39 is 0 Å². The van der Waals surface area contributed by atoms with E-state index in [1.807, 2.05) is 40.4 Å².